The minimum absolute atomic E-state index is 0.250. The molecule has 5 heteroatoms. The summed E-state index contributed by atoms with van der Waals surface area (Å²) in [5, 5.41) is 0. The van der Waals surface area contributed by atoms with Crippen molar-refractivity contribution < 1.29 is 14.4 Å². The van der Waals surface area contributed by atoms with Gasteiger partial charge in [0, 0.05) is 5.69 Å². The molecule has 1 heterocycles. The van der Waals surface area contributed by atoms with Crippen molar-refractivity contribution in [2.75, 3.05) is 12.0 Å². The smallest absolute Gasteiger partial charge is 0.296 e. The molecular weight excluding hydrogens is 238 g/mol. The molecule has 0 aliphatic carbocycles. The van der Waals surface area contributed by atoms with E-state index < -0.39 is 0 Å². The van der Waals surface area contributed by atoms with Gasteiger partial charge in [-0.25, -0.2) is 0 Å². The van der Waals surface area contributed by atoms with Gasteiger partial charge in [0.25, 0.3) is 0 Å². The number of hydrogen-bond acceptors (Lipinski definition) is 5. The van der Waals surface area contributed by atoms with Gasteiger partial charge >= 0.3 is 6.15 Å². The third-order valence-corrected chi connectivity index (χ3v) is 2.66. The molecule has 0 saturated heterocycles. The van der Waals surface area contributed by atoms with E-state index in [0.29, 0.717) is 5.69 Å². The first-order chi connectivity index (χ1) is 8.17. The standard InChI is InChI=1S/C11H15NOS.CO2/c1-9-6-10(4-3-5-14-2)7-11(8-13)12-9;2-1-3/h6-8H,3-5H2,1-2H3;. The van der Waals surface area contributed by atoms with Crippen molar-refractivity contribution in [3.8, 4) is 0 Å². The Morgan fingerprint density at radius 1 is 1.41 bits per heavy atom. The predicted octanol–water partition coefficient (Wildman–Crippen LogP) is 1.91. The van der Waals surface area contributed by atoms with Crippen LogP contribution in [0.15, 0.2) is 12.1 Å². The minimum atomic E-state index is 0.250. The second-order valence-corrected chi connectivity index (χ2v) is 4.32. The molecule has 0 saturated carbocycles. The average Bonchev–Trinajstić information content (AvgIpc) is 2.30. The molecule has 0 atom stereocenters. The fraction of sp³-hybridized carbons (Fsp3) is 0.417. The number of aromatic nitrogens is 1. The van der Waals surface area contributed by atoms with Crippen molar-refractivity contribution >= 4 is 24.2 Å². The van der Waals surface area contributed by atoms with Gasteiger partial charge in [0.2, 0.25) is 0 Å². The Hall–Kier alpha value is -1.45. The fourth-order valence-corrected chi connectivity index (χ4v) is 1.83. The Morgan fingerprint density at radius 2 is 2.06 bits per heavy atom. The molecule has 0 bridgehead atoms. The number of carbonyl (C=O) groups excluding carboxylic acids is 3. The van der Waals surface area contributed by atoms with E-state index in [1.165, 1.54) is 5.56 Å². The van der Waals surface area contributed by atoms with E-state index in [9.17, 15) is 4.79 Å². The molecule has 0 N–H and O–H groups in total. The lowest BCUT2D eigenvalue weighted by Gasteiger charge is -2.02. The van der Waals surface area contributed by atoms with Crippen LogP contribution in [0.4, 0.5) is 0 Å². The van der Waals surface area contributed by atoms with Crippen LogP contribution in [-0.4, -0.2) is 29.4 Å². The van der Waals surface area contributed by atoms with E-state index in [1.807, 2.05) is 30.8 Å². The molecule has 1 rings (SSSR count). The number of rotatable bonds is 5. The zero-order valence-electron chi connectivity index (χ0n) is 9.93. The van der Waals surface area contributed by atoms with Crippen LogP contribution >= 0.6 is 11.8 Å². The van der Waals surface area contributed by atoms with Crippen LogP contribution in [0, 0.1) is 6.92 Å². The molecule has 0 unspecified atom stereocenters. The minimum Gasteiger partial charge on any atom is -0.296 e. The largest absolute Gasteiger partial charge is 0.373 e. The molecule has 0 aromatic carbocycles. The Labute approximate surface area is 105 Å². The average molecular weight is 253 g/mol. The number of nitrogens with zero attached hydrogens (tertiary/aromatic N) is 1. The summed E-state index contributed by atoms with van der Waals surface area (Å²) in [5.41, 5.74) is 2.69. The van der Waals surface area contributed by atoms with Crippen molar-refractivity contribution in [3.63, 3.8) is 0 Å². The summed E-state index contributed by atoms with van der Waals surface area (Å²) in [4.78, 5) is 30.9. The molecule has 0 fully saturated rings. The molecule has 92 valence electrons. The summed E-state index contributed by atoms with van der Waals surface area (Å²) < 4.78 is 0. The summed E-state index contributed by atoms with van der Waals surface area (Å²) in [6, 6.07) is 3.92. The Bertz CT molecular complexity index is 387. The highest BCUT2D eigenvalue weighted by molar-refractivity contribution is 7.98. The number of aryl methyl sites for hydroxylation is 2. The van der Waals surface area contributed by atoms with Gasteiger partial charge in [0.05, 0.1) is 0 Å². The second kappa shape index (κ2) is 9.75. The van der Waals surface area contributed by atoms with Crippen LogP contribution in [0.2, 0.25) is 0 Å². The molecule has 0 radical (unpaired) electrons. The molecule has 0 aliphatic heterocycles. The highest BCUT2D eigenvalue weighted by Crippen LogP contribution is 2.08. The van der Waals surface area contributed by atoms with Gasteiger partial charge in [-0.1, -0.05) is 0 Å². The summed E-state index contributed by atoms with van der Waals surface area (Å²) in [6.45, 7) is 1.92. The molecule has 4 nitrogen and oxygen atoms in total. The maximum absolute atomic E-state index is 10.6. The first-order valence-electron chi connectivity index (χ1n) is 5.09. The fourth-order valence-electron chi connectivity index (χ4n) is 1.39. The van der Waals surface area contributed by atoms with Crippen molar-refractivity contribution in [2.24, 2.45) is 0 Å². The Kier molecular flexibility index (Phi) is 8.92. The van der Waals surface area contributed by atoms with Gasteiger partial charge in [-0.3, -0.25) is 9.78 Å². The van der Waals surface area contributed by atoms with Gasteiger partial charge in [-0.05, 0) is 49.5 Å². The van der Waals surface area contributed by atoms with E-state index in [2.05, 4.69) is 11.2 Å². The third-order valence-electron chi connectivity index (χ3n) is 1.97. The first kappa shape index (κ1) is 15.6. The Balaban J connectivity index is 0.000000770. The molecule has 0 spiro atoms. The lowest BCUT2D eigenvalue weighted by molar-refractivity contribution is -0.191. The van der Waals surface area contributed by atoms with E-state index in [1.54, 1.807) is 0 Å². The zero-order valence-corrected chi connectivity index (χ0v) is 10.8. The number of hydrogen-bond donors (Lipinski definition) is 0. The molecule has 17 heavy (non-hydrogen) atoms. The predicted molar refractivity (Wildman–Crippen MR) is 66.1 cm³/mol. The molecule has 1 aromatic heterocycles. The van der Waals surface area contributed by atoms with E-state index in [-0.39, 0.29) is 6.15 Å². The number of thioether (sulfide) groups is 1. The maximum Gasteiger partial charge on any atom is 0.373 e. The van der Waals surface area contributed by atoms with Gasteiger partial charge < -0.3 is 0 Å². The quantitative estimate of drug-likeness (QED) is 0.592. The molecule has 0 aliphatic rings. The Morgan fingerprint density at radius 3 is 2.59 bits per heavy atom. The SMILES string of the molecule is CSCCCc1cc(C)nc(C=O)c1.O=C=O. The zero-order chi connectivity index (χ0) is 13.1. The van der Waals surface area contributed by atoms with Gasteiger partial charge in [-0.2, -0.15) is 21.4 Å². The summed E-state index contributed by atoms with van der Waals surface area (Å²) in [6.07, 6.45) is 5.35. The summed E-state index contributed by atoms with van der Waals surface area (Å²) in [7, 11) is 0. The summed E-state index contributed by atoms with van der Waals surface area (Å²) >= 11 is 1.85. The van der Waals surface area contributed by atoms with Gasteiger partial charge in [0.15, 0.2) is 6.29 Å². The van der Waals surface area contributed by atoms with E-state index in [0.717, 1.165) is 30.6 Å². The van der Waals surface area contributed by atoms with Crippen LogP contribution in [0.25, 0.3) is 0 Å². The van der Waals surface area contributed by atoms with E-state index >= 15 is 0 Å². The van der Waals surface area contributed by atoms with Crippen molar-refractivity contribution in [1.82, 2.24) is 4.98 Å². The topological polar surface area (TPSA) is 64.1 Å². The van der Waals surface area contributed by atoms with Crippen molar-refractivity contribution in [1.29, 1.82) is 0 Å². The highest BCUT2D eigenvalue weighted by atomic mass is 32.2. The van der Waals surface area contributed by atoms with Crippen LogP contribution in [0.5, 0.6) is 0 Å². The van der Waals surface area contributed by atoms with Crippen LogP contribution in [0.1, 0.15) is 28.2 Å². The number of aldehydes is 1. The number of pyridine rings is 1. The third kappa shape index (κ3) is 7.44. The molecule has 0 amide bonds. The monoisotopic (exact) mass is 253 g/mol. The first-order valence-corrected chi connectivity index (χ1v) is 6.48. The van der Waals surface area contributed by atoms with Crippen molar-refractivity contribution in [3.05, 3.63) is 29.1 Å². The highest BCUT2D eigenvalue weighted by Gasteiger charge is 1.99. The second-order valence-electron chi connectivity index (χ2n) is 3.34. The van der Waals surface area contributed by atoms with E-state index in [4.69, 9.17) is 9.59 Å². The molecular formula is C12H15NO3S. The normalized spacial score (nSPS) is 8.82. The number of carbonyl (C=O) groups is 1. The van der Waals surface area contributed by atoms with Gasteiger partial charge in [0.1, 0.15) is 5.69 Å². The van der Waals surface area contributed by atoms with Gasteiger partial charge in [-0.15, -0.1) is 0 Å². The maximum atomic E-state index is 10.6. The van der Waals surface area contributed by atoms with Crippen LogP contribution < -0.4 is 0 Å². The van der Waals surface area contributed by atoms with Crippen molar-refractivity contribution in [2.45, 2.75) is 19.8 Å². The van der Waals surface area contributed by atoms with Crippen LogP contribution in [0.3, 0.4) is 0 Å². The van der Waals surface area contributed by atoms with Crippen LogP contribution in [-0.2, 0) is 16.0 Å². The summed E-state index contributed by atoms with van der Waals surface area (Å²) in [5.74, 6) is 1.16. The molecule has 1 aromatic rings. The lowest BCUT2D eigenvalue weighted by Crippen LogP contribution is -1.95. The lowest BCUT2D eigenvalue weighted by atomic mass is 10.1.